The van der Waals surface area contributed by atoms with Crippen molar-refractivity contribution < 1.29 is 4.79 Å². The number of amides is 1. The van der Waals surface area contributed by atoms with Crippen molar-refractivity contribution in [2.75, 3.05) is 11.2 Å². The molecule has 0 saturated carbocycles. The lowest BCUT2D eigenvalue weighted by molar-refractivity contribution is -0.110. The number of aryl methyl sites for hydroxylation is 3. The average Bonchev–Trinajstić information content (AvgIpc) is 3.09. The molecule has 118 valence electrons. The molecule has 0 atom stereocenters. The highest BCUT2D eigenvalue weighted by Crippen LogP contribution is 2.34. The molecule has 1 aromatic heterocycles. The fourth-order valence-electron chi connectivity index (χ4n) is 3.51. The van der Waals surface area contributed by atoms with Gasteiger partial charge >= 0.3 is 0 Å². The van der Waals surface area contributed by atoms with E-state index in [9.17, 15) is 4.79 Å². The maximum absolute atomic E-state index is 12.3. The van der Waals surface area contributed by atoms with Crippen molar-refractivity contribution in [3.05, 3.63) is 52.3 Å². The summed E-state index contributed by atoms with van der Waals surface area (Å²) in [6.07, 6.45) is 7.54. The molecule has 4 rings (SSSR count). The third-order valence-electron chi connectivity index (χ3n) is 4.69. The molecule has 0 fully saturated rings. The second-order valence-corrected chi connectivity index (χ2v) is 6.64. The minimum Gasteiger partial charge on any atom is -0.359 e. The fourth-order valence-corrected chi connectivity index (χ4v) is 3.72. The van der Waals surface area contributed by atoms with Crippen LogP contribution in [-0.4, -0.2) is 16.8 Å². The van der Waals surface area contributed by atoms with Gasteiger partial charge in [-0.2, -0.15) is 0 Å². The molecule has 2 aromatic rings. The van der Waals surface area contributed by atoms with Gasteiger partial charge in [-0.15, -0.1) is 11.6 Å². The monoisotopic (exact) mass is 326 g/mol. The van der Waals surface area contributed by atoms with Crippen molar-refractivity contribution in [3.8, 4) is 0 Å². The topological polar surface area (TPSA) is 44.9 Å². The lowest BCUT2D eigenvalue weighted by atomic mass is 9.98. The maximum atomic E-state index is 12.3. The predicted octanol–water partition coefficient (Wildman–Crippen LogP) is 4.17. The van der Waals surface area contributed by atoms with Gasteiger partial charge in [0.2, 0.25) is 0 Å². The smallest absolute Gasteiger partial charge is 0.256 e. The first-order valence-electron chi connectivity index (χ1n) is 8.17. The normalized spacial score (nSPS) is 18.0. The molecular weight excluding hydrogens is 308 g/mol. The molecule has 2 N–H and O–H groups in total. The number of fused-ring (bicyclic) bond motifs is 2. The molecule has 4 heteroatoms. The van der Waals surface area contributed by atoms with E-state index in [4.69, 9.17) is 11.6 Å². The highest BCUT2D eigenvalue weighted by Gasteiger charge is 2.24. The van der Waals surface area contributed by atoms with E-state index in [0.717, 1.165) is 47.3 Å². The number of benzene rings is 1. The molecule has 1 aliphatic heterocycles. The minimum absolute atomic E-state index is 0.0319. The Morgan fingerprint density at radius 2 is 2.04 bits per heavy atom. The minimum atomic E-state index is -0.0319. The highest BCUT2D eigenvalue weighted by atomic mass is 35.5. The van der Waals surface area contributed by atoms with Crippen LogP contribution >= 0.6 is 11.6 Å². The number of H-pyrrole nitrogens is 1. The Kier molecular flexibility index (Phi) is 3.74. The van der Waals surface area contributed by atoms with Crippen LogP contribution in [0.3, 0.4) is 0 Å². The summed E-state index contributed by atoms with van der Waals surface area (Å²) in [5.41, 5.74) is 7.51. The fraction of sp³-hybridized carbons (Fsp3) is 0.316. The number of hydrogen-bond acceptors (Lipinski definition) is 1. The molecule has 0 bridgehead atoms. The molecule has 0 radical (unpaired) electrons. The zero-order valence-electron chi connectivity index (χ0n) is 12.9. The van der Waals surface area contributed by atoms with Crippen molar-refractivity contribution in [1.29, 1.82) is 0 Å². The van der Waals surface area contributed by atoms with Crippen molar-refractivity contribution in [3.63, 3.8) is 0 Å². The standard InChI is InChI=1S/C19H19ClN2O/c20-8-7-12-5-6-18-15(9-12)16(19(23)22-18)11-14-10-13-3-1-2-4-17(13)21-14/h5-6,9-11,21H,1-4,7-8H2,(H,22,23). The van der Waals surface area contributed by atoms with Gasteiger partial charge in [-0.3, -0.25) is 4.79 Å². The number of carbonyl (C=O) groups is 1. The first-order chi connectivity index (χ1) is 11.2. The van der Waals surface area contributed by atoms with Gasteiger partial charge in [-0.1, -0.05) is 6.07 Å². The molecule has 1 aliphatic carbocycles. The van der Waals surface area contributed by atoms with Crippen LogP contribution in [-0.2, 0) is 24.1 Å². The lowest BCUT2D eigenvalue weighted by Gasteiger charge is -2.08. The van der Waals surface area contributed by atoms with E-state index in [1.807, 2.05) is 18.2 Å². The summed E-state index contributed by atoms with van der Waals surface area (Å²) in [5, 5.41) is 2.94. The molecule has 23 heavy (non-hydrogen) atoms. The van der Waals surface area contributed by atoms with E-state index in [0.29, 0.717) is 5.88 Å². The van der Waals surface area contributed by atoms with E-state index in [2.05, 4.69) is 22.4 Å². The van der Waals surface area contributed by atoms with E-state index < -0.39 is 0 Å². The first kappa shape index (κ1) is 14.6. The number of hydrogen-bond donors (Lipinski definition) is 2. The van der Waals surface area contributed by atoms with Crippen LogP contribution in [0.25, 0.3) is 11.6 Å². The molecule has 1 aromatic carbocycles. The number of halogens is 1. The first-order valence-corrected chi connectivity index (χ1v) is 8.71. The Morgan fingerprint density at radius 1 is 1.17 bits per heavy atom. The van der Waals surface area contributed by atoms with Gasteiger partial charge in [0.25, 0.3) is 5.91 Å². The van der Waals surface area contributed by atoms with Crippen LogP contribution < -0.4 is 5.32 Å². The molecule has 3 nitrogen and oxygen atoms in total. The molecule has 2 heterocycles. The molecule has 1 amide bonds. The summed E-state index contributed by atoms with van der Waals surface area (Å²) in [4.78, 5) is 15.8. The average molecular weight is 327 g/mol. The summed E-state index contributed by atoms with van der Waals surface area (Å²) >= 11 is 5.84. The number of anilines is 1. The van der Waals surface area contributed by atoms with E-state index in [1.165, 1.54) is 24.1 Å². The van der Waals surface area contributed by atoms with Gasteiger partial charge in [0.1, 0.15) is 0 Å². The Hall–Kier alpha value is -2.00. The van der Waals surface area contributed by atoms with Crippen molar-refractivity contribution in [1.82, 2.24) is 4.98 Å². The van der Waals surface area contributed by atoms with Crippen LogP contribution in [0.1, 0.15) is 40.9 Å². The largest absolute Gasteiger partial charge is 0.359 e. The van der Waals surface area contributed by atoms with Crippen molar-refractivity contribution in [2.24, 2.45) is 0 Å². The zero-order chi connectivity index (χ0) is 15.8. The Morgan fingerprint density at radius 3 is 2.87 bits per heavy atom. The number of rotatable bonds is 3. The second kappa shape index (κ2) is 5.89. The SMILES string of the molecule is O=C1Nc2ccc(CCCl)cc2C1=Cc1cc2c([nH]1)CCCC2. The summed E-state index contributed by atoms with van der Waals surface area (Å²) in [6.45, 7) is 0. The maximum Gasteiger partial charge on any atom is 0.256 e. The van der Waals surface area contributed by atoms with Gasteiger partial charge in [-0.05, 0) is 67.5 Å². The number of aromatic nitrogens is 1. The van der Waals surface area contributed by atoms with Crippen LogP contribution in [0.2, 0.25) is 0 Å². The summed E-state index contributed by atoms with van der Waals surface area (Å²) < 4.78 is 0. The van der Waals surface area contributed by atoms with Crippen LogP contribution in [0.15, 0.2) is 24.3 Å². The predicted molar refractivity (Wildman–Crippen MR) is 94.8 cm³/mol. The zero-order valence-corrected chi connectivity index (χ0v) is 13.7. The van der Waals surface area contributed by atoms with E-state index in [1.54, 1.807) is 0 Å². The third-order valence-corrected chi connectivity index (χ3v) is 4.87. The second-order valence-electron chi connectivity index (χ2n) is 6.27. The van der Waals surface area contributed by atoms with Gasteiger partial charge < -0.3 is 10.3 Å². The van der Waals surface area contributed by atoms with Gasteiger partial charge in [0, 0.05) is 28.5 Å². The Labute approximate surface area is 140 Å². The Bertz CT molecular complexity index is 780. The van der Waals surface area contributed by atoms with Crippen LogP contribution in [0, 0.1) is 0 Å². The summed E-state index contributed by atoms with van der Waals surface area (Å²) in [7, 11) is 0. The third kappa shape index (κ3) is 2.70. The van der Waals surface area contributed by atoms with Gasteiger partial charge in [-0.25, -0.2) is 0 Å². The number of aromatic amines is 1. The summed E-state index contributed by atoms with van der Waals surface area (Å²) in [5.74, 6) is 0.554. The quantitative estimate of drug-likeness (QED) is 0.645. The number of nitrogens with one attached hydrogen (secondary N) is 2. The van der Waals surface area contributed by atoms with Gasteiger partial charge in [0.15, 0.2) is 0 Å². The molecule has 0 spiro atoms. The molecule has 2 aliphatic rings. The lowest BCUT2D eigenvalue weighted by Crippen LogP contribution is -2.03. The molecule has 0 saturated heterocycles. The van der Waals surface area contributed by atoms with Crippen molar-refractivity contribution in [2.45, 2.75) is 32.1 Å². The molecular formula is C19H19ClN2O. The van der Waals surface area contributed by atoms with Crippen LogP contribution in [0.5, 0.6) is 0 Å². The summed E-state index contributed by atoms with van der Waals surface area (Å²) in [6, 6.07) is 8.26. The number of alkyl halides is 1. The Balaban J connectivity index is 1.73. The highest BCUT2D eigenvalue weighted by molar-refractivity contribution is 6.34. The van der Waals surface area contributed by atoms with Gasteiger partial charge in [0.05, 0.1) is 5.57 Å². The van der Waals surface area contributed by atoms with Crippen LogP contribution in [0.4, 0.5) is 5.69 Å². The van der Waals surface area contributed by atoms with Crippen molar-refractivity contribution >= 4 is 34.8 Å². The molecule has 0 unspecified atom stereocenters. The van der Waals surface area contributed by atoms with E-state index in [-0.39, 0.29) is 5.91 Å². The number of carbonyl (C=O) groups excluding carboxylic acids is 1. The van der Waals surface area contributed by atoms with E-state index >= 15 is 0 Å².